The summed E-state index contributed by atoms with van der Waals surface area (Å²) in [5, 5.41) is 3.92. The molecule has 2 heterocycles. The summed E-state index contributed by atoms with van der Waals surface area (Å²) >= 11 is 0. The Hall–Kier alpha value is -2.89. The van der Waals surface area contributed by atoms with Crippen molar-refractivity contribution >= 4 is 12.1 Å². The van der Waals surface area contributed by atoms with E-state index in [0.29, 0.717) is 17.1 Å². The van der Waals surface area contributed by atoms with Crippen LogP contribution in [0, 0.1) is 6.92 Å². The number of nitrogens with one attached hydrogen (secondary N) is 1. The molecule has 0 saturated heterocycles. The van der Waals surface area contributed by atoms with Gasteiger partial charge in [-0.2, -0.15) is 5.10 Å². The summed E-state index contributed by atoms with van der Waals surface area (Å²) in [7, 11) is 0. The van der Waals surface area contributed by atoms with E-state index in [-0.39, 0.29) is 12.7 Å². The lowest BCUT2D eigenvalue weighted by atomic mass is 10.2. The number of pyridine rings is 1. The molecule has 6 nitrogen and oxygen atoms in total. The van der Waals surface area contributed by atoms with Gasteiger partial charge in [-0.15, -0.1) is 0 Å². The van der Waals surface area contributed by atoms with E-state index in [1.807, 2.05) is 13.0 Å². The van der Waals surface area contributed by atoms with E-state index in [1.165, 1.54) is 6.20 Å². The molecule has 0 aliphatic carbocycles. The topological polar surface area (TPSA) is 72.8 Å². The van der Waals surface area contributed by atoms with Crippen molar-refractivity contribution in [2.75, 3.05) is 6.79 Å². The van der Waals surface area contributed by atoms with Gasteiger partial charge in [-0.05, 0) is 42.8 Å². The highest BCUT2D eigenvalue weighted by Crippen LogP contribution is 2.31. The summed E-state index contributed by atoms with van der Waals surface area (Å²) in [6.07, 6.45) is 3.06. The smallest absolute Gasteiger partial charge is 0.272 e. The van der Waals surface area contributed by atoms with Crippen LogP contribution in [0.5, 0.6) is 11.5 Å². The molecule has 0 radical (unpaired) electrons. The van der Waals surface area contributed by atoms with Gasteiger partial charge in [0.2, 0.25) is 6.79 Å². The number of hydrogen-bond donors (Lipinski definition) is 1. The lowest BCUT2D eigenvalue weighted by molar-refractivity contribution is 0.0955. The molecule has 0 atom stereocenters. The van der Waals surface area contributed by atoms with E-state index in [4.69, 9.17) is 9.47 Å². The van der Waals surface area contributed by atoms with Crippen molar-refractivity contribution in [2.24, 2.45) is 5.10 Å². The normalized spacial score (nSPS) is 12.6. The standard InChI is InChI=1S/C15H13N3O3/c1-10-2-4-12(8-16-10)15(19)18-17-7-11-3-5-13-14(6-11)21-9-20-13/h2-8H,9H2,1H3,(H,18,19)/b17-7+. The van der Waals surface area contributed by atoms with Crippen LogP contribution < -0.4 is 14.9 Å². The molecule has 1 N–H and O–H groups in total. The fourth-order valence-corrected chi connectivity index (χ4v) is 1.83. The van der Waals surface area contributed by atoms with Gasteiger partial charge in [-0.25, -0.2) is 5.43 Å². The third-order valence-electron chi connectivity index (χ3n) is 2.95. The van der Waals surface area contributed by atoms with Gasteiger partial charge in [-0.3, -0.25) is 9.78 Å². The van der Waals surface area contributed by atoms with Gasteiger partial charge in [-0.1, -0.05) is 0 Å². The molecule has 0 fully saturated rings. The molecule has 1 aliphatic rings. The average molecular weight is 283 g/mol. The first-order valence-corrected chi connectivity index (χ1v) is 6.38. The lowest BCUT2D eigenvalue weighted by Gasteiger charge is -2.00. The predicted molar refractivity (Wildman–Crippen MR) is 76.6 cm³/mol. The number of amides is 1. The maximum absolute atomic E-state index is 11.8. The number of benzene rings is 1. The highest BCUT2D eigenvalue weighted by Gasteiger charge is 2.12. The second kappa shape index (κ2) is 5.62. The van der Waals surface area contributed by atoms with Crippen molar-refractivity contribution in [1.29, 1.82) is 0 Å². The Morgan fingerprint density at radius 3 is 2.95 bits per heavy atom. The fraction of sp³-hybridized carbons (Fsp3) is 0.133. The Kier molecular flexibility index (Phi) is 3.51. The van der Waals surface area contributed by atoms with Crippen molar-refractivity contribution in [3.05, 3.63) is 53.3 Å². The van der Waals surface area contributed by atoms with E-state index < -0.39 is 0 Å². The van der Waals surface area contributed by atoms with E-state index >= 15 is 0 Å². The molecule has 2 aromatic rings. The van der Waals surface area contributed by atoms with Gasteiger partial charge in [0.25, 0.3) is 5.91 Å². The average Bonchev–Trinajstić information content (AvgIpc) is 2.95. The number of nitrogens with zero attached hydrogens (tertiary/aromatic N) is 2. The zero-order valence-electron chi connectivity index (χ0n) is 11.4. The number of rotatable bonds is 3. The van der Waals surface area contributed by atoms with Crippen molar-refractivity contribution < 1.29 is 14.3 Å². The highest BCUT2D eigenvalue weighted by atomic mass is 16.7. The van der Waals surface area contributed by atoms with Crippen molar-refractivity contribution in [3.8, 4) is 11.5 Å². The van der Waals surface area contributed by atoms with Crippen molar-refractivity contribution in [3.63, 3.8) is 0 Å². The Morgan fingerprint density at radius 1 is 1.29 bits per heavy atom. The molecule has 0 unspecified atom stereocenters. The van der Waals surface area contributed by atoms with Gasteiger partial charge in [0.15, 0.2) is 11.5 Å². The maximum Gasteiger partial charge on any atom is 0.272 e. The first kappa shape index (κ1) is 13.1. The van der Waals surface area contributed by atoms with E-state index in [2.05, 4.69) is 15.5 Å². The molecule has 6 heteroatoms. The predicted octanol–water partition coefficient (Wildman–Crippen LogP) is 1.88. The number of hydrazone groups is 1. The zero-order chi connectivity index (χ0) is 14.7. The first-order valence-electron chi connectivity index (χ1n) is 6.38. The summed E-state index contributed by atoms with van der Waals surface area (Å²) in [5.41, 5.74) is 4.58. The summed E-state index contributed by atoms with van der Waals surface area (Å²) < 4.78 is 10.5. The summed E-state index contributed by atoms with van der Waals surface area (Å²) in [6, 6.07) is 8.90. The number of carbonyl (C=O) groups is 1. The van der Waals surface area contributed by atoms with E-state index in [0.717, 1.165) is 11.3 Å². The Balaban J connectivity index is 1.64. The zero-order valence-corrected chi connectivity index (χ0v) is 11.4. The first-order chi connectivity index (χ1) is 10.2. The minimum Gasteiger partial charge on any atom is -0.454 e. The monoisotopic (exact) mass is 283 g/mol. The largest absolute Gasteiger partial charge is 0.454 e. The molecule has 21 heavy (non-hydrogen) atoms. The molecule has 1 aliphatic heterocycles. The summed E-state index contributed by atoms with van der Waals surface area (Å²) in [6.45, 7) is 2.09. The van der Waals surface area contributed by atoms with Crippen molar-refractivity contribution in [1.82, 2.24) is 10.4 Å². The van der Waals surface area contributed by atoms with Crippen LogP contribution in [0.15, 0.2) is 41.6 Å². The molecule has 0 bridgehead atoms. The third kappa shape index (κ3) is 3.00. The number of ether oxygens (including phenoxy) is 2. The summed E-state index contributed by atoms with van der Waals surface area (Å²) in [4.78, 5) is 15.9. The van der Waals surface area contributed by atoms with Crippen LogP contribution in [0.25, 0.3) is 0 Å². The molecule has 1 amide bonds. The van der Waals surface area contributed by atoms with Crippen LogP contribution in [0.4, 0.5) is 0 Å². The molecular formula is C15H13N3O3. The van der Waals surface area contributed by atoms with Gasteiger partial charge in [0.1, 0.15) is 0 Å². The SMILES string of the molecule is Cc1ccc(C(=O)N/N=C/c2ccc3c(c2)OCO3)cn1. The number of hydrogen-bond acceptors (Lipinski definition) is 5. The second-order valence-corrected chi connectivity index (χ2v) is 4.50. The van der Waals surface area contributed by atoms with Crippen LogP contribution in [-0.4, -0.2) is 23.9 Å². The molecule has 0 saturated carbocycles. The van der Waals surface area contributed by atoms with Crippen LogP contribution in [-0.2, 0) is 0 Å². The number of aromatic nitrogens is 1. The highest BCUT2D eigenvalue weighted by molar-refractivity contribution is 5.94. The van der Waals surface area contributed by atoms with Crippen molar-refractivity contribution in [2.45, 2.75) is 6.92 Å². The Bertz CT molecular complexity index is 696. The van der Waals surface area contributed by atoms with E-state index in [9.17, 15) is 4.79 Å². The number of fused-ring (bicyclic) bond motifs is 1. The van der Waals surface area contributed by atoms with Gasteiger partial charge >= 0.3 is 0 Å². The van der Waals surface area contributed by atoms with Crippen LogP contribution in [0.2, 0.25) is 0 Å². The minimum absolute atomic E-state index is 0.229. The third-order valence-corrected chi connectivity index (χ3v) is 2.95. The molecule has 1 aromatic heterocycles. The minimum atomic E-state index is -0.306. The van der Waals surface area contributed by atoms with Crippen LogP contribution >= 0.6 is 0 Å². The molecule has 0 spiro atoms. The number of carbonyl (C=O) groups excluding carboxylic acids is 1. The molecular weight excluding hydrogens is 270 g/mol. The molecule has 1 aromatic carbocycles. The Labute approximate surface area is 121 Å². The van der Waals surface area contributed by atoms with Crippen LogP contribution in [0.3, 0.4) is 0 Å². The quantitative estimate of drug-likeness (QED) is 0.689. The van der Waals surface area contributed by atoms with Gasteiger partial charge in [0, 0.05) is 11.9 Å². The maximum atomic E-state index is 11.8. The Morgan fingerprint density at radius 2 is 2.14 bits per heavy atom. The summed E-state index contributed by atoms with van der Waals surface area (Å²) in [5.74, 6) is 1.08. The van der Waals surface area contributed by atoms with E-state index in [1.54, 1.807) is 30.5 Å². The van der Waals surface area contributed by atoms with Crippen LogP contribution in [0.1, 0.15) is 21.6 Å². The second-order valence-electron chi connectivity index (χ2n) is 4.50. The fourth-order valence-electron chi connectivity index (χ4n) is 1.83. The lowest BCUT2D eigenvalue weighted by Crippen LogP contribution is -2.17. The molecule has 3 rings (SSSR count). The number of aryl methyl sites for hydroxylation is 1. The van der Waals surface area contributed by atoms with Gasteiger partial charge in [0.05, 0.1) is 11.8 Å². The van der Waals surface area contributed by atoms with Gasteiger partial charge < -0.3 is 9.47 Å². The molecule has 106 valence electrons.